The predicted octanol–water partition coefficient (Wildman–Crippen LogP) is 3.22. The van der Waals surface area contributed by atoms with Crippen LogP contribution in [0.1, 0.15) is 34.1 Å². The van der Waals surface area contributed by atoms with Gasteiger partial charge in [0.15, 0.2) is 0 Å². The molecule has 0 heterocycles. The van der Waals surface area contributed by atoms with Gasteiger partial charge in [-0.25, -0.2) is 4.79 Å². The van der Waals surface area contributed by atoms with Gasteiger partial charge in [0.1, 0.15) is 0 Å². The molecule has 0 radical (unpaired) electrons. The number of carbonyl (C=O) groups is 1. The van der Waals surface area contributed by atoms with E-state index in [0.29, 0.717) is 5.41 Å². The third-order valence-corrected chi connectivity index (χ3v) is 2.12. The van der Waals surface area contributed by atoms with Gasteiger partial charge in [0.25, 0.3) is 0 Å². The molecule has 3 nitrogen and oxygen atoms in total. The SMILES string of the molecule is CC(C)=CC1CC1(C)C.O=C(O)O. The van der Waals surface area contributed by atoms with Crippen LogP contribution in [-0.4, -0.2) is 16.4 Å². The summed E-state index contributed by atoms with van der Waals surface area (Å²) >= 11 is 0. The monoisotopic (exact) mass is 186 g/mol. The van der Waals surface area contributed by atoms with Gasteiger partial charge >= 0.3 is 6.16 Å². The molecule has 0 bridgehead atoms. The first-order valence-corrected chi connectivity index (χ1v) is 4.32. The third kappa shape index (κ3) is 6.20. The molecule has 1 atom stereocenters. The molecule has 1 unspecified atom stereocenters. The van der Waals surface area contributed by atoms with E-state index in [9.17, 15) is 0 Å². The van der Waals surface area contributed by atoms with Crippen molar-refractivity contribution in [3.05, 3.63) is 11.6 Å². The molecular formula is C10H18O3. The Kier molecular flexibility index (Phi) is 3.98. The molecule has 1 saturated carbocycles. The van der Waals surface area contributed by atoms with E-state index < -0.39 is 6.16 Å². The van der Waals surface area contributed by atoms with Crippen molar-refractivity contribution in [2.24, 2.45) is 11.3 Å². The molecule has 1 fully saturated rings. The lowest BCUT2D eigenvalue weighted by molar-refractivity contribution is 0.137. The zero-order valence-corrected chi connectivity index (χ0v) is 8.66. The Hall–Kier alpha value is -0.990. The number of rotatable bonds is 1. The highest BCUT2D eigenvalue weighted by Gasteiger charge is 2.43. The summed E-state index contributed by atoms with van der Waals surface area (Å²) in [5.74, 6) is 0.877. The van der Waals surface area contributed by atoms with Crippen LogP contribution in [0.5, 0.6) is 0 Å². The largest absolute Gasteiger partial charge is 0.503 e. The molecule has 0 aliphatic heterocycles. The molecule has 2 N–H and O–H groups in total. The normalized spacial score (nSPS) is 22.3. The van der Waals surface area contributed by atoms with Crippen LogP contribution in [0.25, 0.3) is 0 Å². The van der Waals surface area contributed by atoms with E-state index in [0.717, 1.165) is 5.92 Å². The Morgan fingerprint density at radius 1 is 1.38 bits per heavy atom. The van der Waals surface area contributed by atoms with Gasteiger partial charge in [-0.05, 0) is 31.6 Å². The van der Waals surface area contributed by atoms with Gasteiger partial charge < -0.3 is 10.2 Å². The van der Waals surface area contributed by atoms with Crippen molar-refractivity contribution in [2.45, 2.75) is 34.1 Å². The quantitative estimate of drug-likeness (QED) is 0.618. The van der Waals surface area contributed by atoms with Gasteiger partial charge in [-0.3, -0.25) is 0 Å². The third-order valence-electron chi connectivity index (χ3n) is 2.12. The van der Waals surface area contributed by atoms with Crippen LogP contribution in [-0.2, 0) is 0 Å². The average Bonchev–Trinajstić information content (AvgIpc) is 2.34. The molecule has 1 rings (SSSR count). The highest BCUT2D eigenvalue weighted by molar-refractivity contribution is 5.53. The molecule has 3 heteroatoms. The molecule has 76 valence electrons. The van der Waals surface area contributed by atoms with E-state index in [2.05, 4.69) is 33.8 Å². The Labute approximate surface area is 79.1 Å². The van der Waals surface area contributed by atoms with Crippen LogP contribution in [0.3, 0.4) is 0 Å². The zero-order valence-electron chi connectivity index (χ0n) is 8.66. The van der Waals surface area contributed by atoms with Crippen molar-refractivity contribution >= 4 is 6.16 Å². The fourth-order valence-electron chi connectivity index (χ4n) is 1.19. The lowest BCUT2D eigenvalue weighted by atomic mass is 10.1. The summed E-state index contributed by atoms with van der Waals surface area (Å²) in [6.07, 6.45) is 1.94. The second kappa shape index (κ2) is 4.30. The summed E-state index contributed by atoms with van der Waals surface area (Å²) in [4.78, 5) is 8.56. The lowest BCUT2D eigenvalue weighted by Gasteiger charge is -1.96. The number of allylic oxidation sites excluding steroid dienone is 2. The van der Waals surface area contributed by atoms with Gasteiger partial charge in [0.05, 0.1) is 0 Å². The fourth-order valence-corrected chi connectivity index (χ4v) is 1.19. The minimum absolute atomic E-state index is 0.622. The average molecular weight is 186 g/mol. The van der Waals surface area contributed by atoms with Gasteiger partial charge in [0, 0.05) is 0 Å². The molecule has 0 aromatic carbocycles. The van der Waals surface area contributed by atoms with Crippen molar-refractivity contribution in [1.29, 1.82) is 0 Å². The summed E-state index contributed by atoms with van der Waals surface area (Å²) in [5, 5.41) is 13.9. The van der Waals surface area contributed by atoms with Crippen molar-refractivity contribution in [3.63, 3.8) is 0 Å². The summed E-state index contributed by atoms with van der Waals surface area (Å²) < 4.78 is 0. The summed E-state index contributed by atoms with van der Waals surface area (Å²) in [7, 11) is 0. The maximum Gasteiger partial charge on any atom is 0.503 e. The summed E-state index contributed by atoms with van der Waals surface area (Å²) in [5.41, 5.74) is 2.09. The maximum absolute atomic E-state index is 8.56. The molecule has 0 amide bonds. The van der Waals surface area contributed by atoms with Crippen LogP contribution in [0.4, 0.5) is 4.79 Å². The zero-order chi connectivity index (χ0) is 10.6. The first kappa shape index (κ1) is 12.0. The fraction of sp³-hybridized carbons (Fsp3) is 0.700. The van der Waals surface area contributed by atoms with Crippen molar-refractivity contribution in [1.82, 2.24) is 0 Å². The highest BCUT2D eigenvalue weighted by atomic mass is 16.6. The van der Waals surface area contributed by atoms with Crippen molar-refractivity contribution < 1.29 is 15.0 Å². The topological polar surface area (TPSA) is 57.5 Å². The van der Waals surface area contributed by atoms with Gasteiger partial charge in [-0.2, -0.15) is 0 Å². The molecule has 0 saturated heterocycles. The van der Waals surface area contributed by atoms with Gasteiger partial charge in [-0.15, -0.1) is 0 Å². The number of hydrogen-bond donors (Lipinski definition) is 2. The maximum atomic E-state index is 8.56. The van der Waals surface area contributed by atoms with Crippen LogP contribution >= 0.6 is 0 Å². The van der Waals surface area contributed by atoms with E-state index in [1.165, 1.54) is 12.0 Å². The van der Waals surface area contributed by atoms with Crippen molar-refractivity contribution in [2.75, 3.05) is 0 Å². The second-order valence-corrected chi connectivity index (χ2v) is 4.33. The van der Waals surface area contributed by atoms with Gasteiger partial charge in [-0.1, -0.05) is 25.5 Å². The Morgan fingerprint density at radius 3 is 1.77 bits per heavy atom. The Bertz CT molecular complexity index is 208. The van der Waals surface area contributed by atoms with E-state index in [1.54, 1.807) is 0 Å². The van der Waals surface area contributed by atoms with Crippen LogP contribution in [0, 0.1) is 11.3 Å². The van der Waals surface area contributed by atoms with E-state index >= 15 is 0 Å². The first-order chi connectivity index (χ1) is 5.75. The molecule has 13 heavy (non-hydrogen) atoms. The molecule has 0 aromatic heterocycles. The van der Waals surface area contributed by atoms with Gasteiger partial charge in [0.2, 0.25) is 0 Å². The van der Waals surface area contributed by atoms with E-state index in [-0.39, 0.29) is 0 Å². The molecule has 0 aromatic rings. The lowest BCUT2D eigenvalue weighted by Crippen LogP contribution is -1.86. The summed E-state index contributed by atoms with van der Waals surface area (Å²) in [6.45, 7) is 9.01. The molecule has 1 aliphatic carbocycles. The predicted molar refractivity (Wildman–Crippen MR) is 52.0 cm³/mol. The molecular weight excluding hydrogens is 168 g/mol. The number of carboxylic acid groups (broad SMARTS) is 2. The van der Waals surface area contributed by atoms with Crippen molar-refractivity contribution in [3.8, 4) is 0 Å². The first-order valence-electron chi connectivity index (χ1n) is 4.32. The minimum Gasteiger partial charge on any atom is -0.450 e. The molecule has 0 spiro atoms. The Morgan fingerprint density at radius 2 is 1.69 bits per heavy atom. The molecule has 1 aliphatic rings. The van der Waals surface area contributed by atoms with Crippen LogP contribution in [0.2, 0.25) is 0 Å². The van der Waals surface area contributed by atoms with E-state index in [1.807, 2.05) is 0 Å². The second-order valence-electron chi connectivity index (χ2n) is 4.33. The van der Waals surface area contributed by atoms with E-state index in [4.69, 9.17) is 15.0 Å². The number of hydrogen-bond acceptors (Lipinski definition) is 1. The minimum atomic E-state index is -1.83. The van der Waals surface area contributed by atoms with Crippen LogP contribution < -0.4 is 0 Å². The van der Waals surface area contributed by atoms with Crippen LogP contribution in [0.15, 0.2) is 11.6 Å². The smallest absolute Gasteiger partial charge is 0.450 e. The highest BCUT2D eigenvalue weighted by Crippen LogP contribution is 2.52. The summed E-state index contributed by atoms with van der Waals surface area (Å²) in [6, 6.07) is 0. The standard InChI is InChI=1S/C9H16.CH2O3/c1-7(2)5-8-6-9(8,3)4;2-1(3)4/h5,8H,6H2,1-4H3;(H2,2,3,4). The Balaban J connectivity index is 0.000000310.